The molecule has 4 N–H and O–H groups in total. The number of fused-ring (bicyclic) bond motifs is 1. The molecule has 2 heterocycles. The summed E-state index contributed by atoms with van der Waals surface area (Å²) in [6, 6.07) is 16.7. The van der Waals surface area contributed by atoms with Gasteiger partial charge in [-0.2, -0.15) is 5.10 Å². The predicted molar refractivity (Wildman–Crippen MR) is 93.2 cm³/mol. The van der Waals surface area contributed by atoms with Crippen LogP contribution in [0.25, 0.3) is 22.2 Å². The molecule has 0 bridgehead atoms. The highest BCUT2D eigenvalue weighted by molar-refractivity contribution is 5.84. The smallest absolute Gasteiger partial charge is 0.123 e. The molecule has 0 spiro atoms. The minimum absolute atomic E-state index is 0.0782. The Balaban J connectivity index is 1.76. The largest absolute Gasteiger partial charge is 0.361 e. The molecule has 24 heavy (non-hydrogen) atoms. The van der Waals surface area contributed by atoms with Crippen LogP contribution in [0.5, 0.6) is 0 Å². The van der Waals surface area contributed by atoms with E-state index in [4.69, 9.17) is 5.73 Å². The Morgan fingerprint density at radius 2 is 1.92 bits per heavy atom. The van der Waals surface area contributed by atoms with Gasteiger partial charge in [-0.3, -0.25) is 5.10 Å². The summed E-state index contributed by atoms with van der Waals surface area (Å²) in [4.78, 5) is 3.18. The number of hydrogen-bond donors (Lipinski definition) is 3. The average molecular weight is 320 g/mol. The van der Waals surface area contributed by atoms with Gasteiger partial charge in [0.2, 0.25) is 0 Å². The van der Waals surface area contributed by atoms with Crippen LogP contribution < -0.4 is 5.73 Å². The molecule has 0 fully saturated rings. The van der Waals surface area contributed by atoms with E-state index in [0.717, 1.165) is 33.4 Å². The molecule has 1 atom stereocenters. The number of rotatable bonds is 4. The van der Waals surface area contributed by atoms with Gasteiger partial charge in [-0.25, -0.2) is 4.39 Å². The van der Waals surface area contributed by atoms with Crippen LogP contribution in [0.4, 0.5) is 4.39 Å². The Morgan fingerprint density at radius 3 is 2.71 bits per heavy atom. The van der Waals surface area contributed by atoms with Crippen molar-refractivity contribution in [3.05, 3.63) is 77.9 Å². The molecule has 4 aromatic rings. The van der Waals surface area contributed by atoms with E-state index in [1.165, 1.54) is 12.1 Å². The van der Waals surface area contributed by atoms with Gasteiger partial charge >= 0.3 is 0 Å². The molecule has 0 aliphatic rings. The van der Waals surface area contributed by atoms with Crippen LogP contribution >= 0.6 is 0 Å². The van der Waals surface area contributed by atoms with Crippen molar-refractivity contribution in [2.75, 3.05) is 6.54 Å². The highest BCUT2D eigenvalue weighted by Gasteiger charge is 2.19. The average Bonchev–Trinajstić information content (AvgIpc) is 3.25. The summed E-state index contributed by atoms with van der Waals surface area (Å²) in [7, 11) is 0. The Labute approximate surface area is 138 Å². The molecule has 120 valence electrons. The zero-order valence-electron chi connectivity index (χ0n) is 13.0. The highest BCUT2D eigenvalue weighted by atomic mass is 19.1. The van der Waals surface area contributed by atoms with E-state index >= 15 is 0 Å². The molecule has 2 aromatic carbocycles. The van der Waals surface area contributed by atoms with Crippen LogP contribution in [0.1, 0.15) is 17.2 Å². The second-order valence-corrected chi connectivity index (χ2v) is 5.80. The van der Waals surface area contributed by atoms with Crippen LogP contribution in [0, 0.1) is 5.82 Å². The summed E-state index contributed by atoms with van der Waals surface area (Å²) in [5, 5.41) is 8.33. The van der Waals surface area contributed by atoms with Crippen LogP contribution in [-0.2, 0) is 0 Å². The number of benzene rings is 2. The molecule has 4 rings (SSSR count). The van der Waals surface area contributed by atoms with Gasteiger partial charge in [0.05, 0.1) is 5.69 Å². The number of aromatic amines is 2. The zero-order valence-corrected chi connectivity index (χ0v) is 13.0. The van der Waals surface area contributed by atoms with Gasteiger partial charge in [-0.15, -0.1) is 0 Å². The number of halogens is 1. The lowest BCUT2D eigenvalue weighted by molar-refractivity contribution is 0.629. The van der Waals surface area contributed by atoms with Crippen molar-refractivity contribution >= 4 is 10.9 Å². The summed E-state index contributed by atoms with van der Waals surface area (Å²) < 4.78 is 13.6. The third-order valence-corrected chi connectivity index (χ3v) is 4.33. The lowest BCUT2D eigenvalue weighted by Gasteiger charge is -2.12. The van der Waals surface area contributed by atoms with Crippen molar-refractivity contribution in [3.63, 3.8) is 0 Å². The first-order valence-corrected chi connectivity index (χ1v) is 7.83. The van der Waals surface area contributed by atoms with Crippen LogP contribution in [0.3, 0.4) is 0 Å². The lowest BCUT2D eigenvalue weighted by Crippen LogP contribution is -2.14. The number of hydrogen-bond acceptors (Lipinski definition) is 2. The fourth-order valence-corrected chi connectivity index (χ4v) is 3.10. The first kappa shape index (κ1) is 14.7. The summed E-state index contributed by atoms with van der Waals surface area (Å²) in [5.74, 6) is -0.334. The van der Waals surface area contributed by atoms with Crippen molar-refractivity contribution in [1.29, 1.82) is 0 Å². The summed E-state index contributed by atoms with van der Waals surface area (Å²) in [6.45, 7) is 0.403. The van der Waals surface area contributed by atoms with E-state index in [9.17, 15) is 4.39 Å². The van der Waals surface area contributed by atoms with Gasteiger partial charge in [0.25, 0.3) is 0 Å². The minimum Gasteiger partial charge on any atom is -0.361 e. The molecule has 1 unspecified atom stereocenters. The van der Waals surface area contributed by atoms with E-state index in [-0.39, 0.29) is 11.7 Å². The third kappa shape index (κ3) is 2.49. The molecule has 0 saturated heterocycles. The molecule has 4 nitrogen and oxygen atoms in total. The number of nitrogens with one attached hydrogen (secondary N) is 2. The van der Waals surface area contributed by atoms with Crippen molar-refractivity contribution in [3.8, 4) is 11.3 Å². The number of nitrogens with zero attached hydrogens (tertiary/aromatic N) is 1. The van der Waals surface area contributed by atoms with Crippen molar-refractivity contribution < 1.29 is 4.39 Å². The van der Waals surface area contributed by atoms with Gasteiger partial charge in [0.15, 0.2) is 0 Å². The number of aromatic nitrogens is 3. The Morgan fingerprint density at radius 1 is 1.08 bits per heavy atom. The van der Waals surface area contributed by atoms with E-state index in [2.05, 4.69) is 15.2 Å². The summed E-state index contributed by atoms with van der Waals surface area (Å²) in [5.41, 5.74) is 10.7. The maximum Gasteiger partial charge on any atom is 0.123 e. The van der Waals surface area contributed by atoms with Gasteiger partial charge in [-0.05, 0) is 29.8 Å². The van der Waals surface area contributed by atoms with Gasteiger partial charge in [0, 0.05) is 40.8 Å². The van der Waals surface area contributed by atoms with Gasteiger partial charge in [-0.1, -0.05) is 30.3 Å². The fraction of sp³-hybridized carbons (Fsp3) is 0.105. The van der Waals surface area contributed by atoms with Crippen LogP contribution in [0.15, 0.2) is 60.8 Å². The van der Waals surface area contributed by atoms with Crippen molar-refractivity contribution in [2.45, 2.75) is 5.92 Å². The SMILES string of the molecule is NCC(c1cc(-c2ccccc2)n[nH]1)c1c[nH]c2ccc(F)cc12. The topological polar surface area (TPSA) is 70.5 Å². The lowest BCUT2D eigenvalue weighted by atomic mass is 9.95. The van der Waals surface area contributed by atoms with Crippen molar-refractivity contribution in [1.82, 2.24) is 15.2 Å². The Hall–Kier alpha value is -2.92. The maximum absolute atomic E-state index is 13.6. The number of nitrogens with two attached hydrogens (primary N) is 1. The quantitative estimate of drug-likeness (QED) is 0.535. The Bertz CT molecular complexity index is 971. The molecule has 0 aliphatic carbocycles. The van der Waals surface area contributed by atoms with E-state index in [1.807, 2.05) is 42.6 Å². The third-order valence-electron chi connectivity index (χ3n) is 4.33. The fourth-order valence-electron chi connectivity index (χ4n) is 3.10. The van der Waals surface area contributed by atoms with Crippen molar-refractivity contribution in [2.24, 2.45) is 5.73 Å². The van der Waals surface area contributed by atoms with E-state index in [0.29, 0.717) is 6.54 Å². The molecule has 0 radical (unpaired) electrons. The van der Waals surface area contributed by atoms with E-state index < -0.39 is 0 Å². The normalized spacial score (nSPS) is 12.6. The number of H-pyrrole nitrogens is 2. The summed E-state index contributed by atoms with van der Waals surface area (Å²) in [6.07, 6.45) is 1.89. The standard InChI is InChI=1S/C19H17FN4/c20-13-6-7-17-14(8-13)16(11-22-17)15(10-21)19-9-18(23-24-19)12-4-2-1-3-5-12/h1-9,11,15,22H,10,21H2,(H,23,24). The maximum atomic E-state index is 13.6. The molecule has 5 heteroatoms. The minimum atomic E-state index is -0.256. The first-order chi connectivity index (χ1) is 11.8. The molecular weight excluding hydrogens is 303 g/mol. The molecule has 0 aliphatic heterocycles. The van der Waals surface area contributed by atoms with E-state index in [1.54, 1.807) is 6.07 Å². The van der Waals surface area contributed by atoms with Crippen LogP contribution in [-0.4, -0.2) is 21.7 Å². The highest BCUT2D eigenvalue weighted by Crippen LogP contribution is 2.31. The monoisotopic (exact) mass is 320 g/mol. The summed E-state index contributed by atoms with van der Waals surface area (Å²) >= 11 is 0. The molecular formula is C19H17FN4. The molecule has 0 saturated carbocycles. The van der Waals surface area contributed by atoms with Gasteiger partial charge < -0.3 is 10.7 Å². The molecule has 0 amide bonds. The van der Waals surface area contributed by atoms with Gasteiger partial charge in [0.1, 0.15) is 5.82 Å². The van der Waals surface area contributed by atoms with Crippen LogP contribution in [0.2, 0.25) is 0 Å². The first-order valence-electron chi connectivity index (χ1n) is 7.83. The zero-order chi connectivity index (χ0) is 16.5. The second kappa shape index (κ2) is 5.94. The molecule has 2 aromatic heterocycles. The predicted octanol–water partition coefficient (Wildman–Crippen LogP) is 3.79. The Kier molecular flexibility index (Phi) is 3.63. The second-order valence-electron chi connectivity index (χ2n) is 5.80.